The molecule has 1 atom stereocenters. The summed E-state index contributed by atoms with van der Waals surface area (Å²) < 4.78 is 8.78. The van der Waals surface area contributed by atoms with E-state index in [9.17, 15) is 14.7 Å². The number of aliphatic hydroxyl groups excluding tert-OH is 1. The molecule has 3 heterocycles. The number of ether oxygens (including phenoxy) is 1. The van der Waals surface area contributed by atoms with Crippen LogP contribution in [0, 0.1) is 0 Å². The molecule has 2 N–H and O–H groups in total. The van der Waals surface area contributed by atoms with Crippen molar-refractivity contribution < 1.29 is 14.6 Å². The molecule has 0 saturated carbocycles. The first-order valence-electron chi connectivity index (χ1n) is 15.8. The van der Waals surface area contributed by atoms with Crippen LogP contribution in [0.15, 0.2) is 71.7 Å². The maximum absolute atomic E-state index is 13.8. The summed E-state index contributed by atoms with van der Waals surface area (Å²) in [4.78, 5) is 34.4. The van der Waals surface area contributed by atoms with E-state index in [1.54, 1.807) is 18.3 Å². The van der Waals surface area contributed by atoms with Crippen molar-refractivity contribution in [2.75, 3.05) is 20.2 Å². The Balaban J connectivity index is 1.36. The van der Waals surface area contributed by atoms with Crippen LogP contribution in [0.5, 0.6) is 0 Å². The molecule has 5 rings (SSSR count). The second-order valence-electron chi connectivity index (χ2n) is 13.4. The zero-order valence-electron chi connectivity index (χ0n) is 27.7. The molecule has 0 spiro atoms. The lowest BCUT2D eigenvalue weighted by Gasteiger charge is -2.21. The largest absolute Gasteiger partial charge is 0.385 e. The van der Waals surface area contributed by atoms with Gasteiger partial charge in [-0.3, -0.25) is 19.5 Å². The molecule has 0 aliphatic carbocycles. The molecule has 1 unspecified atom stereocenters. The maximum atomic E-state index is 13.8. The molecule has 0 aliphatic rings. The number of aryl methyl sites for hydroxylation is 1. The van der Waals surface area contributed by atoms with Crippen LogP contribution in [-0.4, -0.2) is 53.7 Å². The number of pyridine rings is 2. The van der Waals surface area contributed by atoms with E-state index in [1.807, 2.05) is 72.1 Å². The number of carbonyl (C=O) groups excluding carboxylic acids is 1. The Hall–Kier alpha value is -3.38. The molecule has 2 aromatic carbocycles. The Labute approximate surface area is 286 Å². The minimum atomic E-state index is -1.28. The van der Waals surface area contributed by atoms with Gasteiger partial charge in [-0.15, -0.1) is 11.3 Å². The fraction of sp³-hybridized carbons (Fsp3) is 0.361. The minimum Gasteiger partial charge on any atom is -0.385 e. The number of amides is 1. The van der Waals surface area contributed by atoms with Gasteiger partial charge in [0, 0.05) is 74.0 Å². The first-order chi connectivity index (χ1) is 22.4. The highest BCUT2D eigenvalue weighted by atomic mass is 35.5. The van der Waals surface area contributed by atoms with Gasteiger partial charge < -0.3 is 19.7 Å². The third-order valence-electron chi connectivity index (χ3n) is 8.12. The molecule has 248 valence electrons. The number of aliphatic hydroxyl groups is 1. The molecule has 3 aromatic heterocycles. The average Bonchev–Trinajstić information content (AvgIpc) is 3.39. The molecule has 0 saturated heterocycles. The van der Waals surface area contributed by atoms with Gasteiger partial charge in [0.2, 0.25) is 11.3 Å². The van der Waals surface area contributed by atoms with Crippen molar-refractivity contribution in [3.63, 3.8) is 0 Å². The number of nitrogens with zero attached hydrogens (tertiary/aromatic N) is 3. The predicted molar refractivity (Wildman–Crippen MR) is 195 cm³/mol. The van der Waals surface area contributed by atoms with Gasteiger partial charge in [0.1, 0.15) is 6.10 Å². The van der Waals surface area contributed by atoms with Gasteiger partial charge in [-0.1, -0.05) is 67.6 Å². The summed E-state index contributed by atoms with van der Waals surface area (Å²) in [6.45, 7) is 9.26. The molecule has 0 fully saturated rings. The van der Waals surface area contributed by atoms with Gasteiger partial charge in [0.05, 0.1) is 34.5 Å². The molecular weight excluding hydrogens is 648 g/mol. The normalized spacial score (nSPS) is 12.7. The van der Waals surface area contributed by atoms with E-state index in [-0.39, 0.29) is 17.8 Å². The Morgan fingerprint density at radius 2 is 1.87 bits per heavy atom. The van der Waals surface area contributed by atoms with Crippen LogP contribution in [0.3, 0.4) is 0 Å². The van der Waals surface area contributed by atoms with Gasteiger partial charge in [0.25, 0.3) is 0 Å². The third-order valence-corrected chi connectivity index (χ3v) is 11.3. The first-order valence-corrected chi connectivity index (χ1v) is 20.7. The van der Waals surface area contributed by atoms with Crippen molar-refractivity contribution in [3.05, 3.63) is 109 Å². The van der Waals surface area contributed by atoms with E-state index in [2.05, 4.69) is 29.9 Å². The number of hydrogen-bond donors (Lipinski definition) is 2. The summed E-state index contributed by atoms with van der Waals surface area (Å²) in [5.41, 5.74) is 4.51. The second kappa shape index (κ2) is 15.2. The Morgan fingerprint density at radius 3 is 2.62 bits per heavy atom. The summed E-state index contributed by atoms with van der Waals surface area (Å²) >= 11 is 7.42. The standard InChI is InChI=1S/C36H43ClN4O4SSi/c1-40(21-31(42)30-15-12-25-8-6-7-9-29(25)39-30)22-32-28(23-45-16-17-47(3,4)5)34-36(46-32)35(44)26(20-41(34)2)18-33(43)38-19-24-10-13-27(37)14-11-24/h6-15,20,31,42H,16-19,21-23H2,1-5H3,(H,38,43). The Kier molecular flexibility index (Phi) is 11.3. The average molecular weight is 691 g/mol. The third kappa shape index (κ3) is 9.16. The highest BCUT2D eigenvalue weighted by molar-refractivity contribution is 7.19. The van der Waals surface area contributed by atoms with Crippen molar-refractivity contribution in [1.29, 1.82) is 0 Å². The maximum Gasteiger partial charge on any atom is 0.224 e. The lowest BCUT2D eigenvalue weighted by Crippen LogP contribution is -2.27. The number of fused-ring (bicyclic) bond motifs is 2. The molecule has 0 bridgehead atoms. The number of carbonyl (C=O) groups is 1. The van der Waals surface area contributed by atoms with E-state index < -0.39 is 14.2 Å². The number of nitrogens with one attached hydrogen (secondary N) is 1. The van der Waals surface area contributed by atoms with Crippen molar-refractivity contribution in [2.45, 2.75) is 57.9 Å². The van der Waals surface area contributed by atoms with Gasteiger partial charge in [-0.25, -0.2) is 0 Å². The summed E-state index contributed by atoms with van der Waals surface area (Å²) in [6, 6.07) is 20.0. The van der Waals surface area contributed by atoms with Crippen LogP contribution in [0.25, 0.3) is 21.1 Å². The van der Waals surface area contributed by atoms with Crippen molar-refractivity contribution in [2.24, 2.45) is 7.05 Å². The molecule has 1 amide bonds. The van der Waals surface area contributed by atoms with Crippen LogP contribution in [-0.2, 0) is 42.7 Å². The lowest BCUT2D eigenvalue weighted by atomic mass is 10.1. The minimum absolute atomic E-state index is 0.0175. The summed E-state index contributed by atoms with van der Waals surface area (Å²) in [6.07, 6.45) is 0.976. The first kappa shape index (κ1) is 34.9. The van der Waals surface area contributed by atoms with Crippen molar-refractivity contribution in [1.82, 2.24) is 19.8 Å². The molecule has 8 nitrogen and oxygen atoms in total. The van der Waals surface area contributed by atoms with Crippen LogP contribution in [0.1, 0.15) is 33.4 Å². The zero-order valence-corrected chi connectivity index (χ0v) is 30.3. The highest BCUT2D eigenvalue weighted by Gasteiger charge is 2.22. The lowest BCUT2D eigenvalue weighted by molar-refractivity contribution is -0.120. The number of benzene rings is 2. The number of para-hydroxylation sites is 1. The van der Waals surface area contributed by atoms with E-state index >= 15 is 0 Å². The van der Waals surface area contributed by atoms with E-state index in [0.29, 0.717) is 53.8 Å². The molecule has 11 heteroatoms. The van der Waals surface area contributed by atoms with Crippen LogP contribution >= 0.6 is 22.9 Å². The quantitative estimate of drug-likeness (QED) is 0.0997. The Morgan fingerprint density at radius 1 is 1.13 bits per heavy atom. The van der Waals surface area contributed by atoms with Gasteiger partial charge in [0.15, 0.2) is 0 Å². The number of aromatic nitrogens is 2. The Bertz CT molecular complexity index is 1920. The highest BCUT2D eigenvalue weighted by Crippen LogP contribution is 2.32. The molecule has 0 radical (unpaired) electrons. The number of rotatable bonds is 14. The van der Waals surface area contributed by atoms with E-state index in [1.165, 1.54) is 11.3 Å². The van der Waals surface area contributed by atoms with Crippen LogP contribution < -0.4 is 10.7 Å². The SMILES string of the molecule is CN(Cc1sc2c(=O)c(CC(=O)NCc3ccc(Cl)cc3)cn(C)c2c1COCC[Si](C)(C)C)CC(O)c1ccc2ccccc2n1. The number of likely N-dealkylation sites (N-methyl/N-ethyl adjacent to an activating group) is 1. The van der Waals surface area contributed by atoms with Gasteiger partial charge in [-0.05, 0) is 42.9 Å². The van der Waals surface area contributed by atoms with Crippen LogP contribution in [0.4, 0.5) is 0 Å². The van der Waals surface area contributed by atoms with Gasteiger partial charge in [-0.2, -0.15) is 0 Å². The number of hydrogen-bond acceptors (Lipinski definition) is 7. The summed E-state index contributed by atoms with van der Waals surface area (Å²) in [7, 11) is 2.59. The number of halogens is 1. The van der Waals surface area contributed by atoms with Crippen LogP contribution in [0.2, 0.25) is 30.7 Å². The topological polar surface area (TPSA) is 96.7 Å². The van der Waals surface area contributed by atoms with E-state index in [4.69, 9.17) is 16.3 Å². The predicted octanol–water partition coefficient (Wildman–Crippen LogP) is 6.68. The fourth-order valence-corrected chi connectivity index (χ4v) is 7.77. The van der Waals surface area contributed by atoms with Crippen molar-refractivity contribution >= 4 is 58.0 Å². The molecule has 5 aromatic rings. The monoisotopic (exact) mass is 690 g/mol. The molecule has 47 heavy (non-hydrogen) atoms. The summed E-state index contributed by atoms with van der Waals surface area (Å²) in [5.74, 6) is -0.223. The molecule has 0 aliphatic heterocycles. The summed E-state index contributed by atoms with van der Waals surface area (Å²) in [5, 5.41) is 15.7. The smallest absolute Gasteiger partial charge is 0.224 e. The molecular formula is C36H43ClN4O4SSi. The second-order valence-corrected chi connectivity index (χ2v) is 20.5. The van der Waals surface area contributed by atoms with E-state index in [0.717, 1.165) is 38.5 Å². The zero-order chi connectivity index (χ0) is 33.7. The van der Waals surface area contributed by atoms with Crippen molar-refractivity contribution in [3.8, 4) is 0 Å². The fourth-order valence-electron chi connectivity index (χ4n) is 5.49. The number of thiophene rings is 1. The van der Waals surface area contributed by atoms with Gasteiger partial charge >= 0.3 is 0 Å².